The Hall–Kier alpha value is -1.79. The molecule has 1 amide bonds. The van der Waals surface area contributed by atoms with Crippen LogP contribution in [0.1, 0.15) is 11.1 Å². The number of benzene rings is 2. The molecule has 0 aliphatic carbocycles. The molecule has 0 aliphatic heterocycles. The van der Waals surface area contributed by atoms with Gasteiger partial charge in [-0.15, -0.1) is 11.8 Å². The van der Waals surface area contributed by atoms with Gasteiger partial charge in [0.15, 0.2) is 0 Å². The molecule has 4 nitrogen and oxygen atoms in total. The van der Waals surface area contributed by atoms with E-state index in [4.69, 9.17) is 0 Å². The molecule has 2 rings (SSSR count). The SMILES string of the molecule is O=C(CSCc1ccccc1Br)NN=Cc1ccccc1O. The number of carbonyl (C=O) groups is 1. The smallest absolute Gasteiger partial charge is 0.250 e. The van der Waals surface area contributed by atoms with E-state index in [0.29, 0.717) is 11.3 Å². The summed E-state index contributed by atoms with van der Waals surface area (Å²) in [4.78, 5) is 11.7. The van der Waals surface area contributed by atoms with Gasteiger partial charge in [0.25, 0.3) is 0 Å². The number of hydrogen-bond donors (Lipinski definition) is 2. The van der Waals surface area contributed by atoms with Gasteiger partial charge in [0.1, 0.15) is 5.75 Å². The van der Waals surface area contributed by atoms with Crippen molar-refractivity contribution < 1.29 is 9.90 Å². The summed E-state index contributed by atoms with van der Waals surface area (Å²) in [6.07, 6.45) is 1.42. The highest BCUT2D eigenvalue weighted by Crippen LogP contribution is 2.21. The Bertz CT molecular complexity index is 677. The Balaban J connectivity index is 1.75. The van der Waals surface area contributed by atoms with Crippen molar-refractivity contribution in [3.63, 3.8) is 0 Å². The van der Waals surface area contributed by atoms with E-state index in [1.807, 2.05) is 24.3 Å². The average Bonchev–Trinajstić information content (AvgIpc) is 2.51. The molecule has 0 atom stereocenters. The Morgan fingerprint density at radius 1 is 1.23 bits per heavy atom. The normalized spacial score (nSPS) is 10.8. The van der Waals surface area contributed by atoms with Crippen LogP contribution >= 0.6 is 27.7 Å². The van der Waals surface area contributed by atoms with Crippen molar-refractivity contribution in [2.45, 2.75) is 5.75 Å². The number of nitrogens with one attached hydrogen (secondary N) is 1. The summed E-state index contributed by atoms with van der Waals surface area (Å²) in [7, 11) is 0. The zero-order valence-electron chi connectivity index (χ0n) is 11.7. The van der Waals surface area contributed by atoms with Crippen molar-refractivity contribution in [2.75, 3.05) is 5.75 Å². The number of phenolic OH excluding ortho intramolecular Hbond substituents is 1. The molecule has 0 spiro atoms. The van der Waals surface area contributed by atoms with Crippen LogP contribution in [-0.4, -0.2) is 23.0 Å². The number of amides is 1. The molecule has 114 valence electrons. The molecular weight excluding hydrogens is 364 g/mol. The lowest BCUT2D eigenvalue weighted by Gasteiger charge is -2.03. The quantitative estimate of drug-likeness (QED) is 0.596. The van der Waals surface area contributed by atoms with Gasteiger partial charge in [0, 0.05) is 15.8 Å². The van der Waals surface area contributed by atoms with Gasteiger partial charge in [0.2, 0.25) is 5.91 Å². The highest BCUT2D eigenvalue weighted by Gasteiger charge is 2.03. The maximum Gasteiger partial charge on any atom is 0.250 e. The molecule has 0 saturated carbocycles. The first kappa shape index (κ1) is 16.6. The second-order valence-corrected chi connectivity index (χ2v) is 6.28. The second kappa shape index (κ2) is 8.60. The zero-order valence-corrected chi connectivity index (χ0v) is 14.1. The highest BCUT2D eigenvalue weighted by atomic mass is 79.9. The number of aromatic hydroxyl groups is 1. The summed E-state index contributed by atoms with van der Waals surface area (Å²) < 4.78 is 1.04. The lowest BCUT2D eigenvalue weighted by molar-refractivity contribution is -0.118. The first-order valence-electron chi connectivity index (χ1n) is 6.58. The summed E-state index contributed by atoms with van der Waals surface area (Å²) in [5.74, 6) is 1.02. The fraction of sp³-hybridized carbons (Fsp3) is 0.125. The third-order valence-electron chi connectivity index (χ3n) is 2.78. The molecule has 0 unspecified atom stereocenters. The van der Waals surface area contributed by atoms with Crippen molar-refractivity contribution in [3.8, 4) is 5.75 Å². The number of carbonyl (C=O) groups excluding carboxylic acids is 1. The van der Waals surface area contributed by atoms with E-state index in [2.05, 4.69) is 26.5 Å². The number of nitrogens with zero attached hydrogens (tertiary/aromatic N) is 1. The topological polar surface area (TPSA) is 61.7 Å². The Kier molecular flexibility index (Phi) is 6.48. The van der Waals surface area contributed by atoms with E-state index in [1.165, 1.54) is 18.0 Å². The average molecular weight is 379 g/mol. The molecule has 0 bridgehead atoms. The van der Waals surface area contributed by atoms with Crippen molar-refractivity contribution in [1.82, 2.24) is 5.43 Å². The first-order chi connectivity index (χ1) is 10.7. The van der Waals surface area contributed by atoms with Crippen LogP contribution in [0.2, 0.25) is 0 Å². The third-order valence-corrected chi connectivity index (χ3v) is 4.53. The second-order valence-electron chi connectivity index (χ2n) is 4.44. The van der Waals surface area contributed by atoms with Crippen LogP contribution in [0.15, 0.2) is 58.1 Å². The molecule has 0 aliphatic rings. The number of hydrogen-bond acceptors (Lipinski definition) is 4. The summed E-state index contributed by atoms with van der Waals surface area (Å²) in [5, 5.41) is 13.4. The van der Waals surface area contributed by atoms with Crippen LogP contribution in [0.5, 0.6) is 5.75 Å². The minimum Gasteiger partial charge on any atom is -0.507 e. The van der Waals surface area contributed by atoms with Crippen LogP contribution in [0, 0.1) is 0 Å². The summed E-state index contributed by atoms with van der Waals surface area (Å²) in [6.45, 7) is 0. The first-order valence-corrected chi connectivity index (χ1v) is 8.52. The maximum atomic E-state index is 11.7. The van der Waals surface area contributed by atoms with Gasteiger partial charge in [-0.05, 0) is 23.8 Å². The van der Waals surface area contributed by atoms with Gasteiger partial charge in [-0.3, -0.25) is 4.79 Å². The van der Waals surface area contributed by atoms with Crippen molar-refractivity contribution in [2.24, 2.45) is 5.10 Å². The van der Waals surface area contributed by atoms with Crippen molar-refractivity contribution in [3.05, 3.63) is 64.1 Å². The molecule has 2 aromatic carbocycles. The predicted octanol–water partition coefficient (Wildman–Crippen LogP) is 3.54. The van der Waals surface area contributed by atoms with Crippen LogP contribution in [0.3, 0.4) is 0 Å². The molecule has 22 heavy (non-hydrogen) atoms. The Morgan fingerprint density at radius 3 is 2.73 bits per heavy atom. The van der Waals surface area contributed by atoms with E-state index in [-0.39, 0.29) is 11.7 Å². The fourth-order valence-electron chi connectivity index (χ4n) is 1.67. The Morgan fingerprint density at radius 2 is 1.95 bits per heavy atom. The molecule has 0 saturated heterocycles. The van der Waals surface area contributed by atoms with E-state index in [0.717, 1.165) is 15.8 Å². The lowest BCUT2D eigenvalue weighted by atomic mass is 10.2. The molecule has 0 radical (unpaired) electrons. The molecule has 0 heterocycles. The minimum absolute atomic E-state index is 0.129. The number of hydrazone groups is 1. The zero-order chi connectivity index (χ0) is 15.8. The molecule has 0 aromatic heterocycles. The maximum absolute atomic E-state index is 11.7. The number of para-hydroxylation sites is 1. The van der Waals surface area contributed by atoms with Crippen LogP contribution < -0.4 is 5.43 Å². The van der Waals surface area contributed by atoms with E-state index >= 15 is 0 Å². The van der Waals surface area contributed by atoms with E-state index in [1.54, 1.807) is 24.3 Å². The minimum atomic E-state index is -0.177. The standard InChI is InChI=1S/C16H15BrN2O2S/c17-14-7-3-1-6-13(14)10-22-11-16(21)19-18-9-12-5-2-4-8-15(12)20/h1-9,20H,10-11H2,(H,19,21). The number of halogens is 1. The summed E-state index contributed by atoms with van der Waals surface area (Å²) in [5.41, 5.74) is 4.16. The molecule has 0 fully saturated rings. The predicted molar refractivity (Wildman–Crippen MR) is 94.1 cm³/mol. The molecule has 2 N–H and O–H groups in total. The molecule has 2 aromatic rings. The Labute approximate surface area is 141 Å². The third kappa shape index (κ3) is 5.20. The highest BCUT2D eigenvalue weighted by molar-refractivity contribution is 9.10. The van der Waals surface area contributed by atoms with Gasteiger partial charge in [0.05, 0.1) is 12.0 Å². The monoisotopic (exact) mass is 378 g/mol. The van der Waals surface area contributed by atoms with Gasteiger partial charge in [-0.1, -0.05) is 46.3 Å². The van der Waals surface area contributed by atoms with Crippen LogP contribution in [0.4, 0.5) is 0 Å². The van der Waals surface area contributed by atoms with Gasteiger partial charge < -0.3 is 5.11 Å². The fourth-order valence-corrected chi connectivity index (χ4v) is 3.11. The molecule has 6 heteroatoms. The van der Waals surface area contributed by atoms with E-state index < -0.39 is 0 Å². The van der Waals surface area contributed by atoms with Gasteiger partial charge in [-0.2, -0.15) is 5.10 Å². The number of phenols is 1. The largest absolute Gasteiger partial charge is 0.507 e. The van der Waals surface area contributed by atoms with Crippen LogP contribution in [-0.2, 0) is 10.5 Å². The van der Waals surface area contributed by atoms with E-state index in [9.17, 15) is 9.90 Å². The van der Waals surface area contributed by atoms with Crippen molar-refractivity contribution >= 4 is 39.8 Å². The summed E-state index contributed by atoms with van der Waals surface area (Å²) in [6, 6.07) is 14.7. The summed E-state index contributed by atoms with van der Waals surface area (Å²) >= 11 is 4.99. The lowest BCUT2D eigenvalue weighted by Crippen LogP contribution is -2.19. The molecular formula is C16H15BrN2O2S. The van der Waals surface area contributed by atoms with Crippen molar-refractivity contribution in [1.29, 1.82) is 0 Å². The van der Waals surface area contributed by atoms with Crippen LogP contribution in [0.25, 0.3) is 0 Å². The van der Waals surface area contributed by atoms with Gasteiger partial charge in [-0.25, -0.2) is 5.43 Å². The number of thioether (sulfide) groups is 1. The van der Waals surface area contributed by atoms with Gasteiger partial charge >= 0.3 is 0 Å². The number of rotatable bonds is 6.